The molecular formula is C15H21N3O2. The molecule has 0 radical (unpaired) electrons. The van der Waals surface area contributed by atoms with E-state index in [0.29, 0.717) is 12.5 Å². The number of likely N-dealkylation sites (N-methyl/N-ethyl adjacent to an activating group) is 1. The lowest BCUT2D eigenvalue weighted by Gasteiger charge is -2.32. The van der Waals surface area contributed by atoms with Gasteiger partial charge < -0.3 is 15.5 Å². The average Bonchev–Trinajstić information content (AvgIpc) is 2.43. The number of carbonyl (C=O) groups excluding carboxylic acids is 2. The third-order valence-corrected chi connectivity index (χ3v) is 3.74. The van der Waals surface area contributed by atoms with Gasteiger partial charge in [-0.15, -0.1) is 0 Å². The molecule has 1 aliphatic rings. The van der Waals surface area contributed by atoms with Crippen LogP contribution in [0.5, 0.6) is 0 Å². The second-order valence-corrected chi connectivity index (χ2v) is 5.30. The minimum atomic E-state index is -0.0456. The van der Waals surface area contributed by atoms with Crippen LogP contribution in [0, 0.1) is 0 Å². The van der Waals surface area contributed by atoms with Gasteiger partial charge in [-0.2, -0.15) is 0 Å². The molecule has 20 heavy (non-hydrogen) atoms. The van der Waals surface area contributed by atoms with Gasteiger partial charge in [0.25, 0.3) is 0 Å². The number of benzene rings is 1. The normalized spacial score (nSPS) is 17.6. The number of hydrogen-bond donors (Lipinski definition) is 1. The Hall–Kier alpha value is -1.88. The zero-order valence-electron chi connectivity index (χ0n) is 12.0. The van der Waals surface area contributed by atoms with Crippen LogP contribution in [0.4, 0.5) is 5.69 Å². The summed E-state index contributed by atoms with van der Waals surface area (Å²) in [6.07, 6.45) is 0.902. The molecule has 2 rings (SSSR count). The van der Waals surface area contributed by atoms with Gasteiger partial charge in [0.05, 0.1) is 6.54 Å². The van der Waals surface area contributed by atoms with E-state index in [1.54, 1.807) is 11.9 Å². The Morgan fingerprint density at radius 2 is 2.00 bits per heavy atom. The van der Waals surface area contributed by atoms with Crippen LogP contribution >= 0.6 is 0 Å². The summed E-state index contributed by atoms with van der Waals surface area (Å²) >= 11 is 0. The van der Waals surface area contributed by atoms with Crippen molar-refractivity contribution in [3.8, 4) is 0 Å². The number of hydrogen-bond acceptors (Lipinski definition) is 3. The van der Waals surface area contributed by atoms with Gasteiger partial charge in [-0.3, -0.25) is 9.59 Å². The van der Waals surface area contributed by atoms with Crippen LogP contribution in [-0.4, -0.2) is 43.4 Å². The first-order valence-corrected chi connectivity index (χ1v) is 6.87. The minimum Gasteiger partial charge on any atom is -0.335 e. The van der Waals surface area contributed by atoms with Gasteiger partial charge in [0.1, 0.15) is 6.54 Å². The fraction of sp³-hybridized carbons (Fsp3) is 0.467. The van der Waals surface area contributed by atoms with E-state index in [9.17, 15) is 9.59 Å². The van der Waals surface area contributed by atoms with Crippen LogP contribution in [0.3, 0.4) is 0 Å². The highest BCUT2D eigenvalue weighted by atomic mass is 16.2. The maximum absolute atomic E-state index is 12.1. The largest absolute Gasteiger partial charge is 0.335 e. The molecular weight excluding hydrogens is 254 g/mol. The topological polar surface area (TPSA) is 66.6 Å². The molecule has 5 heteroatoms. The fourth-order valence-electron chi connectivity index (χ4n) is 2.37. The summed E-state index contributed by atoms with van der Waals surface area (Å²) in [6.45, 7) is 3.01. The lowest BCUT2D eigenvalue weighted by molar-refractivity contribution is -0.136. The van der Waals surface area contributed by atoms with E-state index in [4.69, 9.17) is 5.73 Å². The molecule has 2 N–H and O–H groups in total. The summed E-state index contributed by atoms with van der Waals surface area (Å²) in [5.41, 5.74) is 7.52. The zero-order chi connectivity index (χ0) is 14.7. The number of piperazine rings is 1. The van der Waals surface area contributed by atoms with Crippen molar-refractivity contribution in [1.29, 1.82) is 0 Å². The van der Waals surface area contributed by atoms with Crippen molar-refractivity contribution < 1.29 is 9.59 Å². The Balaban J connectivity index is 2.22. The molecule has 1 fully saturated rings. The van der Waals surface area contributed by atoms with Crippen molar-refractivity contribution in [2.75, 3.05) is 31.6 Å². The van der Waals surface area contributed by atoms with Gasteiger partial charge in [-0.1, -0.05) is 19.1 Å². The highest BCUT2D eigenvalue weighted by molar-refractivity contribution is 6.04. The summed E-state index contributed by atoms with van der Waals surface area (Å²) < 4.78 is 0. The number of nitrogens with two attached hydrogens (primary N) is 1. The molecule has 0 aromatic heterocycles. The number of carbonyl (C=O) groups is 2. The average molecular weight is 275 g/mol. The Morgan fingerprint density at radius 1 is 1.25 bits per heavy atom. The Morgan fingerprint density at radius 3 is 2.70 bits per heavy atom. The van der Waals surface area contributed by atoms with Gasteiger partial charge in [-0.25, -0.2) is 0 Å². The van der Waals surface area contributed by atoms with E-state index in [-0.39, 0.29) is 24.9 Å². The summed E-state index contributed by atoms with van der Waals surface area (Å²) in [5.74, 6) is 0.263. The molecule has 1 atom stereocenters. The third kappa shape index (κ3) is 2.99. The van der Waals surface area contributed by atoms with E-state index in [0.717, 1.165) is 17.7 Å². The van der Waals surface area contributed by atoms with Crippen LogP contribution in [0.2, 0.25) is 0 Å². The summed E-state index contributed by atoms with van der Waals surface area (Å²) in [6, 6.07) is 7.81. The second kappa shape index (κ2) is 6.05. The number of anilines is 1. The molecule has 108 valence electrons. The maximum atomic E-state index is 12.1. The highest BCUT2D eigenvalue weighted by Gasteiger charge is 2.28. The molecule has 1 heterocycles. The van der Waals surface area contributed by atoms with Crippen molar-refractivity contribution in [2.24, 2.45) is 5.73 Å². The summed E-state index contributed by atoms with van der Waals surface area (Å²) in [5, 5.41) is 0. The highest BCUT2D eigenvalue weighted by Crippen LogP contribution is 2.25. The van der Waals surface area contributed by atoms with E-state index in [2.05, 4.69) is 6.92 Å². The molecule has 0 spiro atoms. The van der Waals surface area contributed by atoms with Crippen molar-refractivity contribution >= 4 is 17.5 Å². The van der Waals surface area contributed by atoms with Crippen LogP contribution in [0.15, 0.2) is 24.3 Å². The van der Waals surface area contributed by atoms with E-state index >= 15 is 0 Å². The zero-order valence-corrected chi connectivity index (χ0v) is 12.0. The first-order valence-electron chi connectivity index (χ1n) is 6.87. The van der Waals surface area contributed by atoms with Crippen LogP contribution in [0.25, 0.3) is 0 Å². The predicted octanol–water partition coefficient (Wildman–Crippen LogP) is 0.944. The standard InChI is InChI=1S/C15H21N3O2/c1-11(6-7-16)12-4-3-5-13(8-12)18-10-14(19)17(2)9-15(18)20/h3-5,8,11H,6-7,9-10,16H2,1-2H3. The molecule has 0 bridgehead atoms. The van der Waals surface area contributed by atoms with E-state index in [1.807, 2.05) is 24.3 Å². The van der Waals surface area contributed by atoms with Gasteiger partial charge >= 0.3 is 0 Å². The van der Waals surface area contributed by atoms with Crippen molar-refractivity contribution in [2.45, 2.75) is 19.3 Å². The number of nitrogens with zero attached hydrogens (tertiary/aromatic N) is 2. The molecule has 2 amide bonds. The van der Waals surface area contributed by atoms with Crippen LogP contribution in [0.1, 0.15) is 24.8 Å². The summed E-state index contributed by atoms with van der Waals surface area (Å²) in [7, 11) is 1.65. The molecule has 1 saturated heterocycles. The number of rotatable bonds is 4. The molecule has 1 unspecified atom stereocenters. The predicted molar refractivity (Wildman–Crippen MR) is 78.5 cm³/mol. The SMILES string of the molecule is CC(CCN)c1cccc(N2CC(=O)N(C)CC2=O)c1. The minimum absolute atomic E-state index is 0.0370. The van der Waals surface area contributed by atoms with E-state index in [1.165, 1.54) is 4.90 Å². The fourth-order valence-corrected chi connectivity index (χ4v) is 2.37. The van der Waals surface area contributed by atoms with Crippen molar-refractivity contribution in [3.05, 3.63) is 29.8 Å². The molecule has 1 aromatic carbocycles. The first kappa shape index (κ1) is 14.5. The lowest BCUT2D eigenvalue weighted by atomic mass is 9.97. The molecule has 0 aliphatic carbocycles. The maximum Gasteiger partial charge on any atom is 0.247 e. The third-order valence-electron chi connectivity index (χ3n) is 3.74. The molecule has 1 aliphatic heterocycles. The van der Waals surface area contributed by atoms with Gasteiger partial charge in [0, 0.05) is 12.7 Å². The lowest BCUT2D eigenvalue weighted by Crippen LogP contribution is -2.52. The molecule has 5 nitrogen and oxygen atoms in total. The summed E-state index contributed by atoms with van der Waals surface area (Å²) in [4.78, 5) is 26.8. The smallest absolute Gasteiger partial charge is 0.247 e. The Bertz CT molecular complexity index is 516. The molecule has 0 saturated carbocycles. The number of amides is 2. The second-order valence-electron chi connectivity index (χ2n) is 5.30. The quantitative estimate of drug-likeness (QED) is 0.889. The van der Waals surface area contributed by atoms with Crippen LogP contribution < -0.4 is 10.6 Å². The monoisotopic (exact) mass is 275 g/mol. The van der Waals surface area contributed by atoms with E-state index < -0.39 is 0 Å². The molecule has 1 aromatic rings. The Labute approximate surface area is 119 Å². The van der Waals surface area contributed by atoms with Gasteiger partial charge in [0.2, 0.25) is 11.8 Å². The van der Waals surface area contributed by atoms with Crippen LogP contribution in [-0.2, 0) is 9.59 Å². The van der Waals surface area contributed by atoms with Crippen molar-refractivity contribution in [1.82, 2.24) is 4.90 Å². The van der Waals surface area contributed by atoms with Crippen molar-refractivity contribution in [3.63, 3.8) is 0 Å². The first-order chi connectivity index (χ1) is 9.52. The van der Waals surface area contributed by atoms with Gasteiger partial charge in [-0.05, 0) is 36.6 Å². The van der Waals surface area contributed by atoms with Gasteiger partial charge in [0.15, 0.2) is 0 Å². The Kier molecular flexibility index (Phi) is 4.39.